The molecule has 0 aliphatic carbocycles. The summed E-state index contributed by atoms with van der Waals surface area (Å²) >= 11 is 0. The average Bonchev–Trinajstić information content (AvgIpc) is 2.93. The fraction of sp³-hybridized carbons (Fsp3) is 1.00. The second-order valence-electron chi connectivity index (χ2n) is 12.1. The second kappa shape index (κ2) is 36.9. The van der Waals surface area contributed by atoms with Crippen molar-refractivity contribution < 1.29 is 9.47 Å². The van der Waals surface area contributed by atoms with Crippen molar-refractivity contribution in [2.24, 2.45) is 0 Å². The Balaban J connectivity index is 3.01. The molecule has 0 aliphatic heterocycles. The molecule has 0 amide bonds. The minimum atomic E-state index is 0.917. The molecule has 0 rings (SSSR count). The molecule has 2 nitrogen and oxygen atoms in total. The van der Waals surface area contributed by atoms with Gasteiger partial charge in [0, 0.05) is 26.4 Å². The lowest BCUT2D eigenvalue weighted by Crippen LogP contribution is -2.01. The van der Waals surface area contributed by atoms with Crippen molar-refractivity contribution in [1.29, 1.82) is 0 Å². The van der Waals surface area contributed by atoms with E-state index in [1.807, 2.05) is 0 Å². The summed E-state index contributed by atoms with van der Waals surface area (Å²) in [6.07, 6.45) is 42.0. The van der Waals surface area contributed by atoms with E-state index in [9.17, 15) is 0 Å². The molecule has 0 heterocycles. The molecule has 0 aliphatic rings. The lowest BCUT2D eigenvalue weighted by Gasteiger charge is -2.06. The summed E-state index contributed by atoms with van der Waals surface area (Å²) < 4.78 is 11.6. The SMILES string of the molecule is CCCCCCCCCCCCCCCCOCCCCOCCCCCCCCCCCCCCCC. The first-order valence-electron chi connectivity index (χ1n) is 18.1. The quantitative estimate of drug-likeness (QED) is 0.0747. The standard InChI is InChI=1S/C36H74O2/c1-3-5-7-9-11-13-15-17-19-21-23-25-27-29-33-37-35-31-32-36-38-34-30-28-26-24-22-20-18-16-14-12-10-8-6-4-2/h3-36H2,1-2H3. The van der Waals surface area contributed by atoms with E-state index in [0.29, 0.717) is 0 Å². The van der Waals surface area contributed by atoms with Gasteiger partial charge in [-0.1, -0.05) is 181 Å². The van der Waals surface area contributed by atoms with E-state index >= 15 is 0 Å². The van der Waals surface area contributed by atoms with E-state index in [1.54, 1.807) is 0 Å². The summed E-state index contributed by atoms with van der Waals surface area (Å²) in [4.78, 5) is 0. The van der Waals surface area contributed by atoms with Gasteiger partial charge in [-0.3, -0.25) is 0 Å². The zero-order valence-corrected chi connectivity index (χ0v) is 26.9. The maximum atomic E-state index is 5.82. The van der Waals surface area contributed by atoms with Gasteiger partial charge in [0.05, 0.1) is 0 Å². The van der Waals surface area contributed by atoms with E-state index in [0.717, 1.165) is 39.3 Å². The normalized spacial score (nSPS) is 11.5. The third-order valence-electron chi connectivity index (χ3n) is 8.11. The van der Waals surface area contributed by atoms with Crippen LogP contribution in [0.2, 0.25) is 0 Å². The Hall–Kier alpha value is -0.0800. The molecular formula is C36H74O2. The summed E-state index contributed by atoms with van der Waals surface area (Å²) in [5, 5.41) is 0. The van der Waals surface area contributed by atoms with E-state index in [2.05, 4.69) is 13.8 Å². The Morgan fingerprint density at radius 2 is 0.368 bits per heavy atom. The highest BCUT2D eigenvalue weighted by molar-refractivity contribution is 4.51. The Morgan fingerprint density at radius 3 is 0.579 bits per heavy atom. The first kappa shape index (κ1) is 37.9. The topological polar surface area (TPSA) is 18.5 Å². The highest BCUT2D eigenvalue weighted by atomic mass is 16.5. The van der Waals surface area contributed by atoms with Gasteiger partial charge in [-0.2, -0.15) is 0 Å². The number of hydrogen-bond donors (Lipinski definition) is 0. The lowest BCUT2D eigenvalue weighted by molar-refractivity contribution is 0.0991. The number of hydrogen-bond acceptors (Lipinski definition) is 2. The van der Waals surface area contributed by atoms with Crippen molar-refractivity contribution in [3.63, 3.8) is 0 Å². The lowest BCUT2D eigenvalue weighted by atomic mass is 10.0. The van der Waals surface area contributed by atoms with Gasteiger partial charge in [0.25, 0.3) is 0 Å². The van der Waals surface area contributed by atoms with Crippen LogP contribution in [0.1, 0.15) is 206 Å². The molecule has 0 spiro atoms. The van der Waals surface area contributed by atoms with E-state index in [4.69, 9.17) is 9.47 Å². The highest BCUT2D eigenvalue weighted by Crippen LogP contribution is 2.14. The first-order chi connectivity index (χ1) is 18.9. The van der Waals surface area contributed by atoms with Gasteiger partial charge >= 0.3 is 0 Å². The molecule has 0 unspecified atom stereocenters. The van der Waals surface area contributed by atoms with Crippen LogP contribution in [0.25, 0.3) is 0 Å². The molecule has 0 N–H and O–H groups in total. The van der Waals surface area contributed by atoms with Gasteiger partial charge < -0.3 is 9.47 Å². The van der Waals surface area contributed by atoms with Crippen LogP contribution in [-0.4, -0.2) is 26.4 Å². The number of unbranched alkanes of at least 4 members (excludes halogenated alkanes) is 27. The smallest absolute Gasteiger partial charge is 0.0466 e. The van der Waals surface area contributed by atoms with E-state index < -0.39 is 0 Å². The van der Waals surface area contributed by atoms with E-state index in [1.165, 1.54) is 180 Å². The third-order valence-corrected chi connectivity index (χ3v) is 8.11. The van der Waals surface area contributed by atoms with Crippen molar-refractivity contribution in [3.05, 3.63) is 0 Å². The summed E-state index contributed by atoms with van der Waals surface area (Å²) in [6, 6.07) is 0. The fourth-order valence-corrected chi connectivity index (χ4v) is 5.41. The largest absolute Gasteiger partial charge is 0.381 e. The maximum Gasteiger partial charge on any atom is 0.0466 e. The summed E-state index contributed by atoms with van der Waals surface area (Å²) in [5.74, 6) is 0. The summed E-state index contributed by atoms with van der Waals surface area (Å²) in [6.45, 7) is 8.34. The Morgan fingerprint density at radius 1 is 0.211 bits per heavy atom. The number of rotatable bonds is 35. The molecule has 0 aromatic carbocycles. The van der Waals surface area contributed by atoms with Gasteiger partial charge in [0.2, 0.25) is 0 Å². The highest BCUT2D eigenvalue weighted by Gasteiger charge is 1.97. The van der Waals surface area contributed by atoms with Crippen LogP contribution in [0, 0.1) is 0 Å². The van der Waals surface area contributed by atoms with Gasteiger partial charge in [0.15, 0.2) is 0 Å². The zero-order valence-electron chi connectivity index (χ0n) is 26.9. The molecule has 0 radical (unpaired) electrons. The Bertz CT molecular complexity index is 348. The molecule has 230 valence electrons. The van der Waals surface area contributed by atoms with Gasteiger partial charge in [-0.15, -0.1) is 0 Å². The van der Waals surface area contributed by atoms with Crippen LogP contribution >= 0.6 is 0 Å². The van der Waals surface area contributed by atoms with Crippen molar-refractivity contribution in [3.8, 4) is 0 Å². The van der Waals surface area contributed by atoms with Crippen LogP contribution in [0.3, 0.4) is 0 Å². The van der Waals surface area contributed by atoms with E-state index in [-0.39, 0.29) is 0 Å². The molecule has 38 heavy (non-hydrogen) atoms. The maximum absolute atomic E-state index is 5.82. The van der Waals surface area contributed by atoms with Crippen LogP contribution in [0.15, 0.2) is 0 Å². The molecular weight excluding hydrogens is 464 g/mol. The van der Waals surface area contributed by atoms with Crippen LogP contribution in [-0.2, 0) is 9.47 Å². The summed E-state index contributed by atoms with van der Waals surface area (Å²) in [7, 11) is 0. The van der Waals surface area contributed by atoms with Crippen molar-refractivity contribution in [2.75, 3.05) is 26.4 Å². The van der Waals surface area contributed by atoms with Crippen LogP contribution in [0.5, 0.6) is 0 Å². The molecule has 0 aromatic heterocycles. The zero-order chi connectivity index (χ0) is 27.5. The predicted molar refractivity (Wildman–Crippen MR) is 171 cm³/mol. The minimum Gasteiger partial charge on any atom is -0.381 e. The fourth-order valence-electron chi connectivity index (χ4n) is 5.41. The molecule has 0 fully saturated rings. The Kier molecular flexibility index (Phi) is 36.8. The monoisotopic (exact) mass is 539 g/mol. The second-order valence-corrected chi connectivity index (χ2v) is 12.1. The molecule has 0 bridgehead atoms. The van der Waals surface area contributed by atoms with Crippen LogP contribution in [0.4, 0.5) is 0 Å². The molecule has 0 saturated carbocycles. The molecule has 0 aromatic rings. The Labute approximate surface area is 242 Å². The van der Waals surface area contributed by atoms with Gasteiger partial charge in [-0.05, 0) is 25.7 Å². The number of ether oxygens (including phenoxy) is 2. The van der Waals surface area contributed by atoms with Crippen molar-refractivity contribution in [1.82, 2.24) is 0 Å². The average molecular weight is 539 g/mol. The van der Waals surface area contributed by atoms with Crippen LogP contribution < -0.4 is 0 Å². The summed E-state index contributed by atoms with van der Waals surface area (Å²) in [5.41, 5.74) is 0. The molecule has 0 saturated heterocycles. The van der Waals surface area contributed by atoms with Crippen molar-refractivity contribution in [2.45, 2.75) is 206 Å². The van der Waals surface area contributed by atoms with Gasteiger partial charge in [0.1, 0.15) is 0 Å². The first-order valence-corrected chi connectivity index (χ1v) is 18.1. The van der Waals surface area contributed by atoms with Crippen molar-refractivity contribution >= 4 is 0 Å². The van der Waals surface area contributed by atoms with Gasteiger partial charge in [-0.25, -0.2) is 0 Å². The third kappa shape index (κ3) is 35.9. The minimum absolute atomic E-state index is 0.917. The molecule has 0 atom stereocenters. The predicted octanol–water partition coefficient (Wildman–Crippen LogP) is 12.8. The molecule has 2 heteroatoms.